The molecule has 0 amide bonds. The van der Waals surface area contributed by atoms with Crippen LogP contribution in [0.2, 0.25) is 0 Å². The molecule has 0 spiro atoms. The van der Waals surface area contributed by atoms with E-state index in [1.54, 1.807) is 0 Å². The predicted octanol–water partition coefficient (Wildman–Crippen LogP) is -0.139. The van der Waals surface area contributed by atoms with E-state index in [-0.39, 0.29) is 26.2 Å². The van der Waals surface area contributed by atoms with Gasteiger partial charge in [-0.3, -0.25) is 0 Å². The Kier molecular flexibility index (Phi) is 7.99. The van der Waals surface area contributed by atoms with Crippen molar-refractivity contribution in [2.45, 2.75) is 0 Å². The zero-order valence-corrected chi connectivity index (χ0v) is 7.87. The Morgan fingerprint density at radius 2 is 1.40 bits per heavy atom. The van der Waals surface area contributed by atoms with Crippen molar-refractivity contribution in [1.82, 2.24) is 0 Å². The Hall–Kier alpha value is 0.413. The fourth-order valence-electron chi connectivity index (χ4n) is 0. The van der Waals surface area contributed by atoms with Gasteiger partial charge in [-0.15, -0.1) is 8.78 Å². The van der Waals surface area contributed by atoms with Crippen molar-refractivity contribution in [2.75, 3.05) is 0 Å². The molecule has 0 atom stereocenters. The molecule has 0 aliphatic rings. The summed E-state index contributed by atoms with van der Waals surface area (Å²) < 4.78 is 19.4. The first-order valence-electron chi connectivity index (χ1n) is 0.582. The van der Waals surface area contributed by atoms with Gasteiger partial charge in [-0.25, -0.2) is 4.79 Å². The van der Waals surface area contributed by atoms with Gasteiger partial charge < -0.3 is 0 Å². The fourth-order valence-corrected chi connectivity index (χ4v) is 0. The molecular formula is CH3BiF2O. The second kappa shape index (κ2) is 4.41. The molecule has 0 aromatic heterocycles. The Bertz CT molecular complexity index is 32.6. The summed E-state index contributed by atoms with van der Waals surface area (Å²) in [6.07, 6.45) is -2.83. The van der Waals surface area contributed by atoms with E-state index in [2.05, 4.69) is 0 Å². The van der Waals surface area contributed by atoms with Crippen molar-refractivity contribution in [2.24, 2.45) is 0 Å². The number of rotatable bonds is 0. The molecule has 0 aliphatic heterocycles. The molecule has 0 aromatic carbocycles. The van der Waals surface area contributed by atoms with Gasteiger partial charge in [0, 0.05) is 0 Å². The summed E-state index contributed by atoms with van der Waals surface area (Å²) in [5, 5.41) is 0. The summed E-state index contributed by atoms with van der Waals surface area (Å²) in [5.74, 6) is 0. The van der Waals surface area contributed by atoms with Crippen LogP contribution in [0.4, 0.5) is 13.6 Å². The van der Waals surface area contributed by atoms with E-state index in [4.69, 9.17) is 4.79 Å². The second-order valence-corrected chi connectivity index (χ2v) is 0.226. The molecule has 0 aromatic rings. The van der Waals surface area contributed by atoms with Crippen molar-refractivity contribution in [1.29, 1.82) is 0 Å². The van der Waals surface area contributed by atoms with E-state index >= 15 is 0 Å². The number of hydrogen-bond acceptors (Lipinski definition) is 1. The Morgan fingerprint density at radius 3 is 1.40 bits per heavy atom. The van der Waals surface area contributed by atoms with Gasteiger partial charge in [-0.1, -0.05) is 0 Å². The van der Waals surface area contributed by atoms with E-state index < -0.39 is 6.29 Å². The maximum atomic E-state index is 9.69. The van der Waals surface area contributed by atoms with Crippen molar-refractivity contribution in [3.8, 4) is 0 Å². The minimum atomic E-state index is -2.83. The summed E-state index contributed by atoms with van der Waals surface area (Å²) in [7, 11) is 0. The van der Waals surface area contributed by atoms with Crippen molar-refractivity contribution in [3.05, 3.63) is 0 Å². The van der Waals surface area contributed by atoms with Crippen LogP contribution in [0.5, 0.6) is 0 Å². The van der Waals surface area contributed by atoms with Gasteiger partial charge in [0.2, 0.25) is 0 Å². The molecule has 0 aliphatic carbocycles. The van der Waals surface area contributed by atoms with Crippen LogP contribution >= 0.6 is 0 Å². The number of hydrogen-bond donors (Lipinski definition) is 0. The van der Waals surface area contributed by atoms with Crippen LogP contribution < -0.4 is 0 Å². The third-order valence-corrected chi connectivity index (χ3v) is 0. The topological polar surface area (TPSA) is 17.1 Å². The molecule has 4 heteroatoms. The first kappa shape index (κ1) is 9.05. The minimum absolute atomic E-state index is 0. The third kappa shape index (κ3) is 151. The Balaban J connectivity index is 0. The van der Waals surface area contributed by atoms with Crippen molar-refractivity contribution < 1.29 is 13.6 Å². The van der Waals surface area contributed by atoms with Gasteiger partial charge >= 0.3 is 32.5 Å². The summed E-state index contributed by atoms with van der Waals surface area (Å²) in [4.78, 5) is 8.11. The molecule has 0 saturated heterocycles. The summed E-state index contributed by atoms with van der Waals surface area (Å²) in [6, 6.07) is 0. The van der Waals surface area contributed by atoms with Gasteiger partial charge in [0.15, 0.2) is 0 Å². The van der Waals surface area contributed by atoms with E-state index in [0.29, 0.717) is 0 Å². The van der Waals surface area contributed by atoms with Crippen LogP contribution in [0.3, 0.4) is 0 Å². The quantitative estimate of drug-likeness (QED) is 0.445. The Morgan fingerprint density at radius 1 is 1.40 bits per heavy atom. The molecule has 0 bridgehead atoms. The second-order valence-electron chi connectivity index (χ2n) is 0.226. The molecule has 0 heterocycles. The van der Waals surface area contributed by atoms with Crippen LogP contribution in [-0.2, 0) is 0 Å². The predicted molar refractivity (Wildman–Crippen MR) is 17.6 cm³/mol. The molecular weight excluding hydrogens is 275 g/mol. The SMILES string of the molecule is O=C(F)F.[BiH3]. The maximum absolute atomic E-state index is 9.69. The summed E-state index contributed by atoms with van der Waals surface area (Å²) in [6.45, 7) is 0. The van der Waals surface area contributed by atoms with E-state index in [9.17, 15) is 8.78 Å². The summed E-state index contributed by atoms with van der Waals surface area (Å²) in [5.41, 5.74) is 0. The number of halogens is 2. The fraction of sp³-hybridized carbons (Fsp3) is 0. The molecule has 5 heavy (non-hydrogen) atoms. The van der Waals surface area contributed by atoms with Gasteiger partial charge in [0.1, 0.15) is 0 Å². The molecule has 0 fully saturated rings. The molecule has 0 saturated carbocycles. The monoisotopic (exact) mass is 278 g/mol. The van der Waals surface area contributed by atoms with Crippen LogP contribution in [0, 0.1) is 0 Å². The van der Waals surface area contributed by atoms with Crippen molar-refractivity contribution >= 4 is 32.5 Å². The molecule has 1 nitrogen and oxygen atoms in total. The Labute approximate surface area is 46.5 Å². The van der Waals surface area contributed by atoms with E-state index in [1.165, 1.54) is 0 Å². The van der Waals surface area contributed by atoms with E-state index in [0.717, 1.165) is 0 Å². The first-order valence-corrected chi connectivity index (χ1v) is 0.582. The number of carbonyl (C=O) groups excluding carboxylic acids is 1. The zero-order chi connectivity index (χ0) is 3.58. The third-order valence-electron chi connectivity index (χ3n) is 0. The molecule has 0 unspecified atom stereocenters. The van der Waals surface area contributed by atoms with Crippen LogP contribution in [0.1, 0.15) is 0 Å². The first-order chi connectivity index (χ1) is 1.73. The van der Waals surface area contributed by atoms with Gasteiger partial charge in [0.25, 0.3) is 0 Å². The van der Waals surface area contributed by atoms with Crippen molar-refractivity contribution in [3.63, 3.8) is 0 Å². The van der Waals surface area contributed by atoms with Gasteiger partial charge in [-0.2, -0.15) is 0 Å². The van der Waals surface area contributed by atoms with Gasteiger partial charge in [-0.05, 0) is 0 Å². The normalized spacial score (nSPS) is 5.20. The molecule has 0 N–H and O–H groups in total. The zero-order valence-electron chi connectivity index (χ0n) is 2.37. The number of carbonyl (C=O) groups is 1. The van der Waals surface area contributed by atoms with Crippen LogP contribution in [0.25, 0.3) is 0 Å². The van der Waals surface area contributed by atoms with Crippen LogP contribution in [-0.4, -0.2) is 32.5 Å². The standard InChI is InChI=1S/CF2O.Bi.3H/c2-1(3)4;;;;. The molecule has 0 rings (SSSR count). The molecule has 32 valence electrons. The van der Waals surface area contributed by atoms with Gasteiger partial charge in [0.05, 0.1) is 0 Å². The average molecular weight is 278 g/mol. The average Bonchev–Trinajstić information content (AvgIpc) is 0.811. The molecule has 0 radical (unpaired) electrons. The summed E-state index contributed by atoms with van der Waals surface area (Å²) >= 11 is 0. The van der Waals surface area contributed by atoms with Crippen LogP contribution in [0.15, 0.2) is 0 Å². The van der Waals surface area contributed by atoms with E-state index in [1.807, 2.05) is 0 Å².